The number of rotatable bonds is 9. The van der Waals surface area contributed by atoms with E-state index < -0.39 is 0 Å². The maximum Gasteiger partial charge on any atom is 0.251 e. The third kappa shape index (κ3) is 7.14. The fourth-order valence-corrected chi connectivity index (χ4v) is 3.05. The molecule has 0 aliphatic carbocycles. The minimum atomic E-state index is -0.0430. The SMILES string of the molecule is CCNC(=O)c1ccc(CNC(=NC)NCCN(CC)c2cccc(C)c2)cc1. The number of carbonyl (C=O) groups excluding carboxylic acids is 1. The Morgan fingerprint density at radius 3 is 2.41 bits per heavy atom. The van der Waals surface area contributed by atoms with Gasteiger partial charge >= 0.3 is 0 Å². The lowest BCUT2D eigenvalue weighted by atomic mass is 10.1. The molecule has 2 aromatic carbocycles. The van der Waals surface area contributed by atoms with Crippen LogP contribution in [0.25, 0.3) is 0 Å². The van der Waals surface area contributed by atoms with E-state index in [1.165, 1.54) is 11.3 Å². The number of aryl methyl sites for hydroxylation is 1. The largest absolute Gasteiger partial charge is 0.370 e. The minimum Gasteiger partial charge on any atom is -0.370 e. The van der Waals surface area contributed by atoms with Gasteiger partial charge in [-0.15, -0.1) is 0 Å². The first-order chi connectivity index (χ1) is 14.1. The first kappa shape index (κ1) is 22.3. The van der Waals surface area contributed by atoms with Gasteiger partial charge in [-0.25, -0.2) is 0 Å². The minimum absolute atomic E-state index is 0.0430. The van der Waals surface area contributed by atoms with Gasteiger partial charge in [0, 0.05) is 51.0 Å². The Labute approximate surface area is 174 Å². The molecule has 0 aliphatic rings. The van der Waals surface area contributed by atoms with Crippen LogP contribution in [0.4, 0.5) is 5.69 Å². The molecule has 2 aromatic rings. The van der Waals surface area contributed by atoms with Crippen LogP contribution in [0, 0.1) is 6.92 Å². The van der Waals surface area contributed by atoms with Gasteiger partial charge in [0.15, 0.2) is 5.96 Å². The maximum atomic E-state index is 11.8. The van der Waals surface area contributed by atoms with Crippen LogP contribution in [-0.2, 0) is 6.54 Å². The first-order valence-corrected chi connectivity index (χ1v) is 10.2. The molecular formula is C23H33N5O. The van der Waals surface area contributed by atoms with Gasteiger partial charge in [-0.1, -0.05) is 24.3 Å². The predicted molar refractivity (Wildman–Crippen MR) is 122 cm³/mol. The Morgan fingerprint density at radius 2 is 1.79 bits per heavy atom. The summed E-state index contributed by atoms with van der Waals surface area (Å²) in [5, 5.41) is 9.49. The molecule has 0 aromatic heterocycles. The number of guanidine groups is 1. The van der Waals surface area contributed by atoms with Crippen LogP contribution >= 0.6 is 0 Å². The third-order valence-electron chi connectivity index (χ3n) is 4.66. The van der Waals surface area contributed by atoms with Crippen molar-refractivity contribution in [3.05, 3.63) is 65.2 Å². The van der Waals surface area contributed by atoms with E-state index in [-0.39, 0.29) is 5.91 Å². The Balaban J connectivity index is 1.81. The van der Waals surface area contributed by atoms with E-state index in [0.29, 0.717) is 18.7 Å². The zero-order chi connectivity index (χ0) is 21.1. The molecule has 0 radical (unpaired) electrons. The topological polar surface area (TPSA) is 68.8 Å². The number of carbonyl (C=O) groups is 1. The normalized spacial score (nSPS) is 11.1. The number of hydrogen-bond acceptors (Lipinski definition) is 3. The Hall–Kier alpha value is -3.02. The van der Waals surface area contributed by atoms with Crippen molar-refractivity contribution < 1.29 is 4.79 Å². The van der Waals surface area contributed by atoms with Gasteiger partial charge in [-0.3, -0.25) is 9.79 Å². The average Bonchev–Trinajstić information content (AvgIpc) is 2.74. The van der Waals surface area contributed by atoms with Crippen molar-refractivity contribution in [2.24, 2.45) is 4.99 Å². The van der Waals surface area contributed by atoms with Crippen molar-refractivity contribution in [1.82, 2.24) is 16.0 Å². The fourth-order valence-electron chi connectivity index (χ4n) is 3.05. The lowest BCUT2D eigenvalue weighted by Crippen LogP contribution is -2.41. The molecule has 0 atom stereocenters. The van der Waals surface area contributed by atoms with Crippen LogP contribution in [0.15, 0.2) is 53.5 Å². The Bertz CT molecular complexity index is 801. The quantitative estimate of drug-likeness (QED) is 0.451. The standard InChI is InChI=1S/C23H33N5O/c1-5-25-22(29)20-12-10-19(11-13-20)17-27-23(24-4)26-14-15-28(6-2)21-9-7-8-18(3)16-21/h7-13,16H,5-6,14-15,17H2,1-4H3,(H,25,29)(H2,24,26,27). The van der Waals surface area contributed by atoms with Crippen LogP contribution in [0.1, 0.15) is 35.3 Å². The number of hydrogen-bond donors (Lipinski definition) is 3. The second-order valence-electron chi connectivity index (χ2n) is 6.83. The summed E-state index contributed by atoms with van der Waals surface area (Å²) in [6.45, 7) is 10.1. The number of likely N-dealkylation sites (N-methyl/N-ethyl adjacent to an activating group) is 1. The molecule has 1 amide bonds. The predicted octanol–water partition coefficient (Wildman–Crippen LogP) is 2.94. The monoisotopic (exact) mass is 395 g/mol. The number of anilines is 1. The smallest absolute Gasteiger partial charge is 0.251 e. The molecule has 3 N–H and O–H groups in total. The molecule has 0 saturated heterocycles. The van der Waals surface area contributed by atoms with Gasteiger partial charge in [-0.2, -0.15) is 0 Å². The molecule has 0 fully saturated rings. The zero-order valence-corrected chi connectivity index (χ0v) is 18.0. The molecule has 0 heterocycles. The number of nitrogens with zero attached hydrogens (tertiary/aromatic N) is 2. The van der Waals surface area contributed by atoms with Crippen molar-refractivity contribution in [2.45, 2.75) is 27.3 Å². The Kier molecular flexibility index (Phi) is 9.02. The second kappa shape index (κ2) is 11.7. The first-order valence-electron chi connectivity index (χ1n) is 10.2. The summed E-state index contributed by atoms with van der Waals surface area (Å²) in [5.74, 6) is 0.719. The van der Waals surface area contributed by atoms with Gasteiger partial charge in [0.25, 0.3) is 5.91 Å². The van der Waals surface area contributed by atoms with Crippen LogP contribution in [0.2, 0.25) is 0 Å². The number of nitrogens with one attached hydrogen (secondary N) is 3. The zero-order valence-electron chi connectivity index (χ0n) is 18.0. The van der Waals surface area contributed by atoms with Gasteiger partial charge in [-0.05, 0) is 56.2 Å². The lowest BCUT2D eigenvalue weighted by Gasteiger charge is -2.24. The molecule has 0 spiro atoms. The molecular weight excluding hydrogens is 362 g/mol. The van der Waals surface area contributed by atoms with Gasteiger partial charge in [0.2, 0.25) is 0 Å². The van der Waals surface area contributed by atoms with E-state index in [0.717, 1.165) is 31.2 Å². The molecule has 0 saturated carbocycles. The molecule has 6 heteroatoms. The second-order valence-corrected chi connectivity index (χ2v) is 6.83. The Morgan fingerprint density at radius 1 is 1.03 bits per heavy atom. The summed E-state index contributed by atoms with van der Waals surface area (Å²) >= 11 is 0. The van der Waals surface area contributed by atoms with E-state index in [1.807, 2.05) is 31.2 Å². The van der Waals surface area contributed by atoms with E-state index >= 15 is 0 Å². The highest BCUT2D eigenvalue weighted by molar-refractivity contribution is 5.94. The molecule has 0 bridgehead atoms. The van der Waals surface area contributed by atoms with E-state index in [9.17, 15) is 4.79 Å². The summed E-state index contributed by atoms with van der Waals surface area (Å²) in [5.41, 5.74) is 4.28. The van der Waals surface area contributed by atoms with E-state index in [1.54, 1.807) is 7.05 Å². The maximum absolute atomic E-state index is 11.8. The van der Waals surface area contributed by atoms with Crippen LogP contribution < -0.4 is 20.9 Å². The van der Waals surface area contributed by atoms with Gasteiger partial charge in [0.1, 0.15) is 0 Å². The van der Waals surface area contributed by atoms with Gasteiger partial charge < -0.3 is 20.9 Å². The van der Waals surface area contributed by atoms with Gasteiger partial charge in [0.05, 0.1) is 0 Å². The third-order valence-corrected chi connectivity index (χ3v) is 4.66. The van der Waals surface area contributed by atoms with Crippen molar-refractivity contribution >= 4 is 17.6 Å². The summed E-state index contributed by atoms with van der Waals surface area (Å²) in [6.07, 6.45) is 0. The summed E-state index contributed by atoms with van der Waals surface area (Å²) in [4.78, 5) is 18.5. The molecule has 6 nitrogen and oxygen atoms in total. The summed E-state index contributed by atoms with van der Waals surface area (Å²) in [7, 11) is 1.77. The van der Waals surface area contributed by atoms with E-state index in [2.05, 4.69) is 64.0 Å². The summed E-state index contributed by atoms with van der Waals surface area (Å²) in [6, 6.07) is 16.2. The van der Waals surface area contributed by atoms with Crippen molar-refractivity contribution in [3.63, 3.8) is 0 Å². The van der Waals surface area contributed by atoms with E-state index in [4.69, 9.17) is 0 Å². The van der Waals surface area contributed by atoms with Crippen molar-refractivity contribution in [2.75, 3.05) is 38.1 Å². The molecule has 29 heavy (non-hydrogen) atoms. The van der Waals surface area contributed by atoms with Crippen molar-refractivity contribution in [1.29, 1.82) is 0 Å². The van der Waals surface area contributed by atoms with Crippen LogP contribution in [0.3, 0.4) is 0 Å². The highest BCUT2D eigenvalue weighted by atomic mass is 16.1. The highest BCUT2D eigenvalue weighted by Gasteiger charge is 2.06. The molecule has 2 rings (SSSR count). The molecule has 0 unspecified atom stereocenters. The van der Waals surface area contributed by atoms with Crippen LogP contribution in [0.5, 0.6) is 0 Å². The molecule has 156 valence electrons. The lowest BCUT2D eigenvalue weighted by molar-refractivity contribution is 0.0956. The fraction of sp³-hybridized carbons (Fsp3) is 0.391. The number of aliphatic imine (C=N–C) groups is 1. The van der Waals surface area contributed by atoms with Crippen LogP contribution in [-0.4, -0.2) is 45.1 Å². The van der Waals surface area contributed by atoms with Crippen molar-refractivity contribution in [3.8, 4) is 0 Å². The number of amides is 1. The number of benzene rings is 2. The highest BCUT2D eigenvalue weighted by Crippen LogP contribution is 2.14. The average molecular weight is 396 g/mol. The summed E-state index contributed by atoms with van der Waals surface area (Å²) < 4.78 is 0. The molecule has 0 aliphatic heterocycles.